The Hall–Kier alpha value is -2.34. The number of hydrogen-bond acceptors (Lipinski definition) is 3. The number of fused-ring (bicyclic) bond motifs is 3. The van der Waals surface area contributed by atoms with Gasteiger partial charge in [-0.3, -0.25) is 14.7 Å². The Morgan fingerprint density at radius 2 is 2.00 bits per heavy atom. The van der Waals surface area contributed by atoms with Gasteiger partial charge in [-0.1, -0.05) is 30.2 Å². The molecule has 2 amide bonds. The van der Waals surface area contributed by atoms with Crippen molar-refractivity contribution in [3.05, 3.63) is 41.0 Å². The van der Waals surface area contributed by atoms with Gasteiger partial charge in [0.05, 0.1) is 11.6 Å². The first-order valence-electron chi connectivity index (χ1n) is 8.51. The summed E-state index contributed by atoms with van der Waals surface area (Å²) in [6.45, 7) is 1.02. The van der Waals surface area contributed by atoms with Crippen LogP contribution < -0.4 is 5.32 Å². The molecule has 0 spiro atoms. The van der Waals surface area contributed by atoms with E-state index in [0.717, 1.165) is 24.8 Å². The number of aromatic amines is 1. The van der Waals surface area contributed by atoms with Crippen molar-refractivity contribution in [3.63, 3.8) is 0 Å². The van der Waals surface area contributed by atoms with Crippen molar-refractivity contribution in [2.45, 2.75) is 25.3 Å². The number of halogens is 1. The van der Waals surface area contributed by atoms with Gasteiger partial charge >= 0.3 is 0 Å². The average molecular weight is 359 g/mol. The van der Waals surface area contributed by atoms with Crippen LogP contribution >= 0.6 is 11.6 Å². The fourth-order valence-electron chi connectivity index (χ4n) is 3.59. The lowest BCUT2D eigenvalue weighted by atomic mass is 9.99. The number of nitrogens with zero attached hydrogens (tertiary/aromatic N) is 2. The van der Waals surface area contributed by atoms with Crippen LogP contribution in [-0.2, 0) is 4.79 Å². The minimum atomic E-state index is -0.116. The molecule has 4 rings (SSSR count). The highest BCUT2D eigenvalue weighted by Crippen LogP contribution is 2.24. The summed E-state index contributed by atoms with van der Waals surface area (Å²) >= 11 is 5.91. The molecule has 2 aromatic rings. The number of carbonyl (C=O) groups excluding carboxylic acids is 2. The van der Waals surface area contributed by atoms with Gasteiger partial charge in [0.2, 0.25) is 5.91 Å². The summed E-state index contributed by atoms with van der Waals surface area (Å²) in [5.41, 5.74) is 2.03. The second-order valence-electron chi connectivity index (χ2n) is 6.72. The Balaban J connectivity index is 1.55. The van der Waals surface area contributed by atoms with E-state index < -0.39 is 0 Å². The van der Waals surface area contributed by atoms with Crippen LogP contribution in [0, 0.1) is 5.92 Å². The summed E-state index contributed by atoms with van der Waals surface area (Å²) in [4.78, 5) is 26.8. The van der Waals surface area contributed by atoms with Crippen molar-refractivity contribution in [1.29, 1.82) is 0 Å². The molecule has 6 nitrogen and oxygen atoms in total. The minimum absolute atomic E-state index is 0.0441. The molecule has 2 bridgehead atoms. The van der Waals surface area contributed by atoms with Gasteiger partial charge in [0, 0.05) is 29.7 Å². The quantitative estimate of drug-likeness (QED) is 0.865. The molecular weight excluding hydrogens is 340 g/mol. The first kappa shape index (κ1) is 16.1. The van der Waals surface area contributed by atoms with Gasteiger partial charge in [0.1, 0.15) is 5.69 Å². The summed E-state index contributed by atoms with van der Waals surface area (Å²) in [6.07, 6.45) is 2.79. The third kappa shape index (κ3) is 3.26. The first-order valence-corrected chi connectivity index (χ1v) is 8.89. The molecule has 2 aliphatic rings. The van der Waals surface area contributed by atoms with Crippen LogP contribution in [0.4, 0.5) is 0 Å². The normalized spacial score (nSPS) is 23.1. The van der Waals surface area contributed by atoms with Crippen LogP contribution in [0.5, 0.6) is 0 Å². The molecule has 2 atom stereocenters. The lowest BCUT2D eigenvalue weighted by molar-refractivity contribution is -0.124. The van der Waals surface area contributed by atoms with E-state index in [1.807, 2.05) is 12.1 Å². The molecule has 0 saturated carbocycles. The maximum absolute atomic E-state index is 12.9. The Bertz CT molecular complexity index is 802. The van der Waals surface area contributed by atoms with Gasteiger partial charge < -0.3 is 10.2 Å². The summed E-state index contributed by atoms with van der Waals surface area (Å²) < 4.78 is 0. The van der Waals surface area contributed by atoms with Crippen molar-refractivity contribution in [1.82, 2.24) is 20.4 Å². The van der Waals surface area contributed by atoms with E-state index >= 15 is 0 Å². The van der Waals surface area contributed by atoms with Crippen molar-refractivity contribution in [2.75, 3.05) is 13.1 Å². The van der Waals surface area contributed by atoms with Gasteiger partial charge in [-0.05, 0) is 31.0 Å². The first-order chi connectivity index (χ1) is 12.1. The molecule has 2 aliphatic heterocycles. The predicted molar refractivity (Wildman–Crippen MR) is 94.2 cm³/mol. The highest BCUT2D eigenvalue weighted by atomic mass is 35.5. The minimum Gasteiger partial charge on any atom is -0.351 e. The van der Waals surface area contributed by atoms with Crippen LogP contribution in [0.15, 0.2) is 30.3 Å². The Kier molecular flexibility index (Phi) is 4.21. The van der Waals surface area contributed by atoms with Crippen molar-refractivity contribution < 1.29 is 9.59 Å². The number of hydrogen-bond donors (Lipinski definition) is 2. The van der Waals surface area contributed by atoms with E-state index in [1.165, 1.54) is 0 Å². The molecule has 130 valence electrons. The molecule has 2 saturated heterocycles. The highest BCUT2D eigenvalue weighted by molar-refractivity contribution is 6.30. The van der Waals surface area contributed by atoms with E-state index in [4.69, 9.17) is 11.6 Å². The highest BCUT2D eigenvalue weighted by Gasteiger charge is 2.35. The van der Waals surface area contributed by atoms with E-state index in [9.17, 15) is 9.59 Å². The summed E-state index contributed by atoms with van der Waals surface area (Å²) in [5.74, 6) is -0.152. The average Bonchev–Trinajstić information content (AvgIpc) is 2.93. The maximum Gasteiger partial charge on any atom is 0.271 e. The van der Waals surface area contributed by atoms with Crippen LogP contribution in [0.2, 0.25) is 5.02 Å². The number of benzene rings is 1. The van der Waals surface area contributed by atoms with Gasteiger partial charge in [0.15, 0.2) is 0 Å². The van der Waals surface area contributed by atoms with Crippen LogP contribution in [0.1, 0.15) is 29.8 Å². The van der Waals surface area contributed by atoms with E-state index in [2.05, 4.69) is 15.5 Å². The van der Waals surface area contributed by atoms with Gasteiger partial charge in [-0.15, -0.1) is 0 Å². The topological polar surface area (TPSA) is 78.1 Å². The molecule has 3 heterocycles. The third-order valence-electron chi connectivity index (χ3n) is 4.94. The number of rotatable bonds is 2. The van der Waals surface area contributed by atoms with Gasteiger partial charge in [-0.2, -0.15) is 5.10 Å². The van der Waals surface area contributed by atoms with E-state index in [1.54, 1.807) is 23.1 Å². The second kappa shape index (κ2) is 6.52. The number of nitrogens with one attached hydrogen (secondary N) is 2. The third-order valence-corrected chi connectivity index (χ3v) is 5.19. The standard InChI is InChI=1S/C18H19ClN4O2/c19-13-6-4-11(5-7-13)15-8-16(22-21-15)18(25)23-9-12-2-1-3-14(10-23)20-17(12)24/h4-8,12,14H,1-3,9-10H2,(H,20,24)(H,21,22). The molecular formula is C18H19ClN4O2. The van der Waals surface area contributed by atoms with Crippen molar-refractivity contribution in [3.8, 4) is 11.3 Å². The molecule has 7 heteroatoms. The van der Waals surface area contributed by atoms with Crippen LogP contribution in [-0.4, -0.2) is 46.0 Å². The summed E-state index contributed by atoms with van der Waals surface area (Å²) in [5, 5.41) is 10.8. The van der Waals surface area contributed by atoms with E-state index in [0.29, 0.717) is 29.5 Å². The summed E-state index contributed by atoms with van der Waals surface area (Å²) in [7, 11) is 0. The molecule has 1 aromatic carbocycles. The summed E-state index contributed by atoms with van der Waals surface area (Å²) in [6, 6.07) is 9.11. The number of likely N-dealkylation sites (tertiary alicyclic amines) is 1. The lowest BCUT2D eigenvalue weighted by Crippen LogP contribution is -2.41. The number of H-pyrrole nitrogens is 1. The molecule has 2 unspecified atom stereocenters. The van der Waals surface area contributed by atoms with Gasteiger partial charge in [0.25, 0.3) is 5.91 Å². The number of amides is 2. The molecule has 25 heavy (non-hydrogen) atoms. The van der Waals surface area contributed by atoms with E-state index in [-0.39, 0.29) is 23.8 Å². The van der Waals surface area contributed by atoms with Crippen LogP contribution in [0.25, 0.3) is 11.3 Å². The largest absolute Gasteiger partial charge is 0.351 e. The fourth-order valence-corrected chi connectivity index (χ4v) is 3.71. The molecule has 0 radical (unpaired) electrons. The molecule has 1 aromatic heterocycles. The molecule has 2 fully saturated rings. The van der Waals surface area contributed by atoms with Crippen molar-refractivity contribution in [2.24, 2.45) is 5.92 Å². The monoisotopic (exact) mass is 358 g/mol. The fraction of sp³-hybridized carbons (Fsp3) is 0.389. The zero-order valence-corrected chi connectivity index (χ0v) is 14.4. The Labute approximate surface area is 150 Å². The maximum atomic E-state index is 12.9. The Morgan fingerprint density at radius 3 is 2.80 bits per heavy atom. The molecule has 2 N–H and O–H groups in total. The lowest BCUT2D eigenvalue weighted by Gasteiger charge is -2.27. The number of aromatic nitrogens is 2. The smallest absolute Gasteiger partial charge is 0.271 e. The molecule has 0 aliphatic carbocycles. The predicted octanol–water partition coefficient (Wildman–Crippen LogP) is 2.47. The zero-order chi connectivity index (χ0) is 17.4. The second-order valence-corrected chi connectivity index (χ2v) is 7.15. The Morgan fingerprint density at radius 1 is 1.20 bits per heavy atom. The van der Waals surface area contributed by atoms with Gasteiger partial charge in [-0.25, -0.2) is 0 Å². The zero-order valence-electron chi connectivity index (χ0n) is 13.7. The van der Waals surface area contributed by atoms with Crippen molar-refractivity contribution >= 4 is 23.4 Å². The number of carbonyl (C=O) groups is 2. The SMILES string of the molecule is O=C1NC2CCCC1CN(C(=O)c1cc(-c3ccc(Cl)cc3)n[nH]1)C2. The van der Waals surface area contributed by atoms with Crippen LogP contribution in [0.3, 0.4) is 0 Å².